The molecule has 3 rings (SSSR count). The maximum Gasteiger partial charge on any atom is 0.271 e. The summed E-state index contributed by atoms with van der Waals surface area (Å²) in [5.41, 5.74) is 1.66. The molecule has 0 aliphatic carbocycles. The number of anilines is 1. The molecule has 8 heteroatoms. The van der Waals surface area contributed by atoms with Crippen molar-refractivity contribution >= 4 is 11.6 Å². The molecule has 8 nitrogen and oxygen atoms in total. The number of hydrogen-bond acceptors (Lipinski definition) is 6. The van der Waals surface area contributed by atoms with E-state index < -0.39 is 0 Å². The summed E-state index contributed by atoms with van der Waals surface area (Å²) in [7, 11) is 1.53. The van der Waals surface area contributed by atoms with Gasteiger partial charge < -0.3 is 19.9 Å². The molecule has 3 heterocycles. The van der Waals surface area contributed by atoms with Gasteiger partial charge in [-0.15, -0.1) is 0 Å². The topological polar surface area (TPSA) is 100 Å². The first-order chi connectivity index (χ1) is 12.1. The molecule has 0 radical (unpaired) electrons. The third-order valence-electron chi connectivity index (χ3n) is 4.07. The molecule has 0 spiro atoms. The summed E-state index contributed by atoms with van der Waals surface area (Å²) in [5.74, 6) is 0.701. The van der Waals surface area contributed by atoms with Crippen LogP contribution in [0.1, 0.15) is 0 Å². The van der Waals surface area contributed by atoms with Crippen LogP contribution in [0.4, 0.5) is 5.69 Å². The van der Waals surface area contributed by atoms with Gasteiger partial charge in [0.05, 0.1) is 12.8 Å². The molecule has 1 aliphatic rings. The van der Waals surface area contributed by atoms with E-state index in [2.05, 4.69) is 26.8 Å². The number of aromatic amines is 1. The van der Waals surface area contributed by atoms with Gasteiger partial charge in [0.1, 0.15) is 12.0 Å². The molecule has 1 saturated heterocycles. The highest BCUT2D eigenvalue weighted by molar-refractivity contribution is 5.87. The minimum atomic E-state index is -0.205. The molecule has 0 bridgehead atoms. The number of nitrogens with one attached hydrogen (secondary N) is 2. The number of methoxy groups -OCH3 is 1. The Labute approximate surface area is 144 Å². The number of nitrogens with zero attached hydrogens (tertiary/aromatic N) is 3. The van der Waals surface area contributed by atoms with Crippen LogP contribution >= 0.6 is 0 Å². The van der Waals surface area contributed by atoms with Crippen molar-refractivity contribution in [2.45, 2.75) is 0 Å². The number of ether oxygens (including phenoxy) is 1. The normalized spacial score (nSPS) is 13.9. The van der Waals surface area contributed by atoms with E-state index in [4.69, 9.17) is 4.74 Å². The second-order valence-corrected chi connectivity index (χ2v) is 5.77. The van der Waals surface area contributed by atoms with Gasteiger partial charge in [-0.1, -0.05) is 6.58 Å². The summed E-state index contributed by atoms with van der Waals surface area (Å²) in [4.78, 5) is 36.0. The molecule has 130 valence electrons. The molecular formula is C17H19N5O3. The number of aromatic nitrogens is 3. The lowest BCUT2D eigenvalue weighted by Gasteiger charge is -2.38. The van der Waals surface area contributed by atoms with Crippen LogP contribution in [0, 0.1) is 5.92 Å². The molecule has 2 N–H and O–H groups in total. The van der Waals surface area contributed by atoms with Gasteiger partial charge in [-0.05, 0) is 12.1 Å². The standard InChI is InChI=1S/C17H19N5O3/c1-3-16(23)22-8-11(9-22)6-18-14-4-12(7-19-17(14)24)13-5-15(25-2)21-10-20-13/h3-5,7,10-11,18H,1,6,8-9H2,2H3,(H,19,24). The maximum absolute atomic E-state index is 12.0. The molecular weight excluding hydrogens is 322 g/mol. The molecule has 0 saturated carbocycles. The van der Waals surface area contributed by atoms with Gasteiger partial charge in [-0.3, -0.25) is 9.59 Å². The molecule has 2 aromatic heterocycles. The summed E-state index contributed by atoms with van der Waals surface area (Å²) in [6, 6.07) is 3.44. The van der Waals surface area contributed by atoms with Gasteiger partial charge in [-0.2, -0.15) is 0 Å². The van der Waals surface area contributed by atoms with Crippen LogP contribution in [0.3, 0.4) is 0 Å². The average Bonchev–Trinajstić information content (AvgIpc) is 2.61. The van der Waals surface area contributed by atoms with Crippen LogP contribution in [-0.4, -0.2) is 52.5 Å². The van der Waals surface area contributed by atoms with Crippen molar-refractivity contribution in [1.29, 1.82) is 0 Å². The fourth-order valence-electron chi connectivity index (χ4n) is 2.63. The number of rotatable bonds is 6. The average molecular weight is 341 g/mol. The van der Waals surface area contributed by atoms with E-state index >= 15 is 0 Å². The zero-order valence-corrected chi connectivity index (χ0v) is 13.9. The van der Waals surface area contributed by atoms with E-state index in [-0.39, 0.29) is 11.5 Å². The van der Waals surface area contributed by atoms with E-state index in [0.717, 1.165) is 5.56 Å². The lowest BCUT2D eigenvalue weighted by Crippen LogP contribution is -2.51. The number of pyridine rings is 1. The lowest BCUT2D eigenvalue weighted by atomic mass is 10.00. The van der Waals surface area contributed by atoms with Crippen molar-refractivity contribution in [2.75, 3.05) is 32.1 Å². The highest BCUT2D eigenvalue weighted by Crippen LogP contribution is 2.21. The van der Waals surface area contributed by atoms with Crippen LogP contribution in [-0.2, 0) is 4.79 Å². The molecule has 25 heavy (non-hydrogen) atoms. The first-order valence-electron chi connectivity index (χ1n) is 7.85. The van der Waals surface area contributed by atoms with E-state index in [1.54, 1.807) is 23.2 Å². The van der Waals surface area contributed by atoms with Crippen LogP contribution in [0.15, 0.2) is 42.1 Å². The predicted molar refractivity (Wildman–Crippen MR) is 93.4 cm³/mol. The number of carbonyl (C=O) groups is 1. The zero-order chi connectivity index (χ0) is 17.8. The van der Waals surface area contributed by atoms with Crippen molar-refractivity contribution in [3.8, 4) is 17.1 Å². The quantitative estimate of drug-likeness (QED) is 0.757. The van der Waals surface area contributed by atoms with Gasteiger partial charge in [-0.25, -0.2) is 9.97 Å². The van der Waals surface area contributed by atoms with Crippen LogP contribution in [0.2, 0.25) is 0 Å². The Kier molecular flexibility index (Phi) is 4.78. The first kappa shape index (κ1) is 16.7. The van der Waals surface area contributed by atoms with Gasteiger partial charge >= 0.3 is 0 Å². The highest BCUT2D eigenvalue weighted by atomic mass is 16.5. The van der Waals surface area contributed by atoms with Gasteiger partial charge in [0.2, 0.25) is 11.8 Å². The molecule has 0 aromatic carbocycles. The second-order valence-electron chi connectivity index (χ2n) is 5.77. The Hall–Kier alpha value is -3.16. The van der Waals surface area contributed by atoms with Crippen molar-refractivity contribution in [1.82, 2.24) is 19.9 Å². The van der Waals surface area contributed by atoms with E-state index in [1.165, 1.54) is 19.5 Å². The first-order valence-corrected chi connectivity index (χ1v) is 7.85. The summed E-state index contributed by atoms with van der Waals surface area (Å²) in [6.07, 6.45) is 4.32. The van der Waals surface area contributed by atoms with Gasteiger partial charge in [0.25, 0.3) is 5.56 Å². The predicted octanol–water partition coefficient (Wildman–Crippen LogP) is 0.897. The van der Waals surface area contributed by atoms with Crippen molar-refractivity contribution in [2.24, 2.45) is 5.92 Å². The van der Waals surface area contributed by atoms with Crippen LogP contribution in [0.5, 0.6) is 5.88 Å². The number of H-pyrrole nitrogens is 1. The van der Waals surface area contributed by atoms with Crippen LogP contribution in [0.25, 0.3) is 11.3 Å². The largest absolute Gasteiger partial charge is 0.481 e. The number of hydrogen-bond donors (Lipinski definition) is 2. The van der Waals surface area contributed by atoms with Crippen molar-refractivity contribution in [3.63, 3.8) is 0 Å². The van der Waals surface area contributed by atoms with Gasteiger partial charge in [0, 0.05) is 43.4 Å². The fraction of sp³-hybridized carbons (Fsp3) is 0.294. The minimum absolute atomic E-state index is 0.0613. The Bertz CT molecular complexity index is 842. The third kappa shape index (κ3) is 3.68. The van der Waals surface area contributed by atoms with Crippen molar-refractivity contribution in [3.05, 3.63) is 47.7 Å². The summed E-state index contributed by atoms with van der Waals surface area (Å²) >= 11 is 0. The minimum Gasteiger partial charge on any atom is -0.481 e. The number of likely N-dealkylation sites (tertiary alicyclic amines) is 1. The number of amides is 1. The Morgan fingerprint density at radius 2 is 2.28 bits per heavy atom. The molecule has 1 fully saturated rings. The third-order valence-corrected chi connectivity index (χ3v) is 4.07. The maximum atomic E-state index is 12.0. The SMILES string of the molecule is C=CC(=O)N1CC(CNc2cc(-c3cc(OC)ncn3)c[nH]c2=O)C1. The summed E-state index contributed by atoms with van der Waals surface area (Å²) in [6.45, 7) is 5.42. The smallest absolute Gasteiger partial charge is 0.271 e. The zero-order valence-electron chi connectivity index (χ0n) is 13.9. The van der Waals surface area contributed by atoms with E-state index in [1.807, 2.05) is 0 Å². The molecule has 1 aliphatic heterocycles. The Morgan fingerprint density at radius 1 is 1.48 bits per heavy atom. The fourth-order valence-corrected chi connectivity index (χ4v) is 2.63. The lowest BCUT2D eigenvalue weighted by molar-refractivity contribution is -0.131. The molecule has 2 aromatic rings. The molecule has 1 amide bonds. The Morgan fingerprint density at radius 3 is 3.00 bits per heavy atom. The number of carbonyl (C=O) groups excluding carboxylic acids is 1. The van der Waals surface area contributed by atoms with Gasteiger partial charge in [0.15, 0.2) is 0 Å². The Balaban J connectivity index is 1.67. The van der Waals surface area contributed by atoms with E-state index in [0.29, 0.717) is 42.8 Å². The molecule has 0 atom stereocenters. The summed E-state index contributed by atoms with van der Waals surface area (Å²) < 4.78 is 5.09. The summed E-state index contributed by atoms with van der Waals surface area (Å²) in [5, 5.41) is 3.15. The monoisotopic (exact) mass is 341 g/mol. The van der Waals surface area contributed by atoms with Crippen LogP contribution < -0.4 is 15.6 Å². The van der Waals surface area contributed by atoms with Crippen molar-refractivity contribution < 1.29 is 9.53 Å². The molecule has 0 unspecified atom stereocenters. The van der Waals surface area contributed by atoms with E-state index in [9.17, 15) is 9.59 Å². The second kappa shape index (κ2) is 7.16. The highest BCUT2D eigenvalue weighted by Gasteiger charge is 2.28.